The highest BCUT2D eigenvalue weighted by Gasteiger charge is 2.26. The molecule has 0 radical (unpaired) electrons. The quantitative estimate of drug-likeness (QED) is 0.130. The Hall–Kier alpha value is -4.33. The van der Waals surface area contributed by atoms with Gasteiger partial charge in [-0.05, 0) is 43.2 Å². The number of urea groups is 1. The van der Waals surface area contributed by atoms with Gasteiger partial charge in [0.15, 0.2) is 0 Å². The van der Waals surface area contributed by atoms with Gasteiger partial charge in [0.25, 0.3) is 0 Å². The van der Waals surface area contributed by atoms with E-state index in [0.29, 0.717) is 32.2 Å². The molecule has 0 aliphatic carbocycles. The topological polar surface area (TPSA) is 146 Å². The van der Waals surface area contributed by atoms with Crippen molar-refractivity contribution >= 4 is 40.7 Å². The molecule has 0 saturated carbocycles. The fourth-order valence-electron chi connectivity index (χ4n) is 4.89. The van der Waals surface area contributed by atoms with E-state index in [1.54, 1.807) is 30.5 Å². The highest BCUT2D eigenvalue weighted by Crippen LogP contribution is 2.15. The normalized spacial score (nSPS) is 12.8. The molecule has 0 aliphatic heterocycles. The predicted molar refractivity (Wildman–Crippen MR) is 178 cm³/mol. The predicted octanol–water partition coefficient (Wildman–Crippen LogP) is 4.54. The molecule has 0 saturated heterocycles. The number of hydrogen-bond acceptors (Lipinski definition) is 9. The van der Waals surface area contributed by atoms with Crippen molar-refractivity contribution < 1.29 is 24.2 Å². The average molecular weight is 665 g/mol. The summed E-state index contributed by atoms with van der Waals surface area (Å²) < 4.78 is 5.45. The van der Waals surface area contributed by atoms with Crippen LogP contribution in [0.4, 0.5) is 9.59 Å². The summed E-state index contributed by atoms with van der Waals surface area (Å²) in [5.41, 5.74) is 5.48. The number of carbonyl (C=O) groups is 3. The molecule has 0 fully saturated rings. The van der Waals surface area contributed by atoms with E-state index in [2.05, 4.69) is 25.9 Å². The van der Waals surface area contributed by atoms with E-state index in [-0.39, 0.29) is 37.6 Å². The molecule has 11 nitrogen and oxygen atoms in total. The Balaban J connectivity index is 1.42. The molecule has 4 N–H and O–H groups in total. The zero-order chi connectivity index (χ0) is 32.6. The third-order valence-corrected chi connectivity index (χ3v) is 8.78. The molecule has 3 atom stereocenters. The third-order valence-electron chi connectivity index (χ3n) is 7.27. The second-order valence-corrected chi connectivity index (χ2v) is 12.8. The van der Waals surface area contributed by atoms with E-state index in [9.17, 15) is 19.5 Å². The van der Waals surface area contributed by atoms with Crippen molar-refractivity contribution in [3.05, 3.63) is 105 Å². The van der Waals surface area contributed by atoms with Crippen LogP contribution in [0, 0.1) is 0 Å². The first-order valence-corrected chi connectivity index (χ1v) is 16.8. The summed E-state index contributed by atoms with van der Waals surface area (Å²) in [7, 11) is 1.64. The van der Waals surface area contributed by atoms with Crippen LogP contribution < -0.4 is 16.0 Å². The lowest BCUT2D eigenvalue weighted by Gasteiger charge is -2.27. The highest BCUT2D eigenvalue weighted by atomic mass is 32.1. The molecule has 0 unspecified atom stereocenters. The van der Waals surface area contributed by atoms with Gasteiger partial charge in [0, 0.05) is 43.0 Å². The number of thiazole rings is 2. The fourth-order valence-corrected chi connectivity index (χ4v) is 6.05. The SMILES string of the molecule is CN(Cc1cncs1)C(=O)N[C@@H](CCO)C(=O)N[C@H](CC[C@H](Cc1ccccc1)NC(=O)OCc1cncs1)Cc1ccccc1. The van der Waals surface area contributed by atoms with Gasteiger partial charge in [-0.1, -0.05) is 60.7 Å². The Morgan fingerprint density at radius 3 is 1.91 bits per heavy atom. The summed E-state index contributed by atoms with van der Waals surface area (Å²) in [4.78, 5) is 50.6. The number of carbonyl (C=O) groups excluding carboxylic acids is 3. The van der Waals surface area contributed by atoms with Crippen molar-refractivity contribution in [3.8, 4) is 0 Å². The van der Waals surface area contributed by atoms with E-state index in [1.807, 2.05) is 60.7 Å². The van der Waals surface area contributed by atoms with Crippen LogP contribution in [0.2, 0.25) is 0 Å². The summed E-state index contributed by atoms with van der Waals surface area (Å²) in [5.74, 6) is -0.383. The highest BCUT2D eigenvalue weighted by molar-refractivity contribution is 7.09. The monoisotopic (exact) mass is 664 g/mol. The van der Waals surface area contributed by atoms with Crippen LogP contribution in [0.3, 0.4) is 0 Å². The molecular weight excluding hydrogens is 625 g/mol. The van der Waals surface area contributed by atoms with Crippen LogP contribution in [0.5, 0.6) is 0 Å². The zero-order valence-electron chi connectivity index (χ0n) is 25.7. The molecule has 4 rings (SSSR count). The minimum absolute atomic E-state index is 0.0633. The van der Waals surface area contributed by atoms with Crippen LogP contribution in [0.15, 0.2) is 84.1 Å². The largest absolute Gasteiger partial charge is 0.444 e. The number of aliphatic hydroxyl groups is 1. The molecule has 0 spiro atoms. The molecule has 0 bridgehead atoms. The van der Waals surface area contributed by atoms with Gasteiger partial charge in [-0.3, -0.25) is 14.8 Å². The number of benzene rings is 2. The molecule has 4 aromatic rings. The van der Waals surface area contributed by atoms with Gasteiger partial charge in [0.2, 0.25) is 5.91 Å². The molecule has 2 aromatic carbocycles. The molecule has 2 aromatic heterocycles. The first-order valence-electron chi connectivity index (χ1n) is 15.1. The summed E-state index contributed by atoms with van der Waals surface area (Å²) in [6, 6.07) is 17.8. The van der Waals surface area contributed by atoms with Crippen LogP contribution in [0.25, 0.3) is 0 Å². The molecule has 13 heteroatoms. The van der Waals surface area contributed by atoms with Crippen molar-refractivity contribution in [1.29, 1.82) is 0 Å². The van der Waals surface area contributed by atoms with Crippen LogP contribution in [0.1, 0.15) is 40.1 Å². The fraction of sp³-hybridized carbons (Fsp3) is 0.364. The lowest BCUT2D eigenvalue weighted by Crippen LogP contribution is -2.53. The zero-order valence-corrected chi connectivity index (χ0v) is 27.3. The van der Waals surface area contributed by atoms with Gasteiger partial charge >= 0.3 is 12.1 Å². The molecule has 2 heterocycles. The number of aromatic nitrogens is 2. The first-order chi connectivity index (χ1) is 22.4. The van der Waals surface area contributed by atoms with Crippen molar-refractivity contribution in [2.24, 2.45) is 0 Å². The molecule has 46 heavy (non-hydrogen) atoms. The summed E-state index contributed by atoms with van der Waals surface area (Å²) in [6.07, 6.45) is 5.13. The summed E-state index contributed by atoms with van der Waals surface area (Å²) in [5, 5.41) is 18.6. The number of amides is 4. The van der Waals surface area contributed by atoms with Gasteiger partial charge in [-0.2, -0.15) is 0 Å². The van der Waals surface area contributed by atoms with E-state index in [4.69, 9.17) is 4.74 Å². The maximum Gasteiger partial charge on any atom is 0.407 e. The van der Waals surface area contributed by atoms with Crippen LogP contribution >= 0.6 is 22.7 Å². The standard InChI is InChI=1S/C33H40N6O5S2/c1-39(20-28-18-34-22-45-28)32(42)38-30(14-15-40)31(41)36-26(16-24-8-4-2-5-9-24)12-13-27(17-25-10-6-3-7-11-25)37-33(43)44-21-29-19-35-23-46-29/h2-11,18-19,22-23,26-27,30,40H,12-17,20-21H2,1H3,(H,36,41)(H,37,43)(H,38,42)/t26-,27-,30+/m1/s1. The number of hydrogen-bond donors (Lipinski definition) is 4. The second-order valence-electron chi connectivity index (χ2n) is 10.9. The van der Waals surface area contributed by atoms with Crippen molar-refractivity contribution in [1.82, 2.24) is 30.8 Å². The first kappa shape index (κ1) is 34.5. The maximum absolute atomic E-state index is 13.6. The van der Waals surface area contributed by atoms with Crippen molar-refractivity contribution in [2.45, 2.75) is 63.4 Å². The minimum Gasteiger partial charge on any atom is -0.444 e. The Bertz CT molecular complexity index is 1460. The smallest absolute Gasteiger partial charge is 0.407 e. The van der Waals surface area contributed by atoms with Crippen molar-refractivity contribution in [3.63, 3.8) is 0 Å². The Labute approximate surface area is 277 Å². The van der Waals surface area contributed by atoms with Gasteiger partial charge < -0.3 is 30.7 Å². The number of nitrogens with one attached hydrogen (secondary N) is 3. The number of aliphatic hydroxyl groups excluding tert-OH is 1. The van der Waals surface area contributed by atoms with E-state index < -0.39 is 18.2 Å². The van der Waals surface area contributed by atoms with Gasteiger partial charge in [-0.25, -0.2) is 9.59 Å². The maximum atomic E-state index is 13.6. The number of ether oxygens (including phenoxy) is 1. The van der Waals surface area contributed by atoms with Gasteiger partial charge in [0.05, 0.1) is 22.4 Å². The van der Waals surface area contributed by atoms with Gasteiger partial charge in [0.1, 0.15) is 12.6 Å². The lowest BCUT2D eigenvalue weighted by atomic mass is 9.95. The van der Waals surface area contributed by atoms with Gasteiger partial charge in [-0.15, -0.1) is 22.7 Å². The summed E-state index contributed by atoms with van der Waals surface area (Å²) >= 11 is 2.85. The van der Waals surface area contributed by atoms with Crippen LogP contribution in [-0.4, -0.2) is 69.8 Å². The molecule has 244 valence electrons. The average Bonchev–Trinajstić information content (AvgIpc) is 3.78. The molecule has 0 aliphatic rings. The van der Waals surface area contributed by atoms with E-state index >= 15 is 0 Å². The number of nitrogens with zero attached hydrogens (tertiary/aromatic N) is 3. The minimum atomic E-state index is -0.931. The second kappa shape index (κ2) is 18.6. The summed E-state index contributed by atoms with van der Waals surface area (Å²) in [6.45, 7) is 0.217. The number of rotatable bonds is 17. The van der Waals surface area contributed by atoms with Crippen LogP contribution in [-0.2, 0) is 35.5 Å². The number of alkyl carbamates (subject to hydrolysis) is 1. The Morgan fingerprint density at radius 2 is 1.37 bits per heavy atom. The van der Waals surface area contributed by atoms with E-state index in [1.165, 1.54) is 27.6 Å². The lowest BCUT2D eigenvalue weighted by molar-refractivity contribution is -0.124. The Kier molecular flexibility index (Phi) is 14.0. The third kappa shape index (κ3) is 11.9. The van der Waals surface area contributed by atoms with E-state index in [0.717, 1.165) is 20.9 Å². The molecular formula is C33H40N6O5S2. The Morgan fingerprint density at radius 1 is 0.804 bits per heavy atom. The van der Waals surface area contributed by atoms with Crippen molar-refractivity contribution in [2.75, 3.05) is 13.7 Å². The molecule has 4 amide bonds.